The molecule has 0 spiro atoms. The minimum absolute atomic E-state index is 0.205. The van der Waals surface area contributed by atoms with Crippen molar-refractivity contribution in [3.05, 3.63) is 65.9 Å². The fraction of sp³-hybridized carbons (Fsp3) is 0.208. The van der Waals surface area contributed by atoms with E-state index in [0.717, 1.165) is 11.1 Å². The van der Waals surface area contributed by atoms with Crippen LogP contribution in [-0.4, -0.2) is 27.8 Å². The summed E-state index contributed by atoms with van der Waals surface area (Å²) in [6.45, 7) is 4.91. The first kappa shape index (κ1) is 21.9. The van der Waals surface area contributed by atoms with Crippen molar-refractivity contribution in [1.29, 1.82) is 0 Å². The average Bonchev–Trinajstić information content (AvgIpc) is 2.76. The molecular weight excluding hydrogens is 422 g/mol. The van der Waals surface area contributed by atoms with Crippen molar-refractivity contribution in [3.63, 3.8) is 0 Å². The van der Waals surface area contributed by atoms with Crippen LogP contribution >= 0.6 is 0 Å². The van der Waals surface area contributed by atoms with Crippen molar-refractivity contribution in [2.24, 2.45) is 11.1 Å². The molecular formula is C24H23N5O4. The van der Waals surface area contributed by atoms with Gasteiger partial charge in [-0.05, 0) is 24.3 Å². The standard InChI is InChI=1S/C24H23N5O4/c1-13(30)27-19-11-8-14(12-26-19)17-10-9-16-20(24(2,3)22(31)29-23(25)32)15-6-4-5-7-18(15)33-21(16)28-17/h4-12,20H,1-3H3,(H,26,27,30)(H3,25,29,31,32)/t20-/m0/s1. The lowest BCUT2D eigenvalue weighted by molar-refractivity contribution is -0.128. The first-order valence-corrected chi connectivity index (χ1v) is 10.3. The third-order valence-electron chi connectivity index (χ3n) is 5.54. The lowest BCUT2D eigenvalue weighted by Crippen LogP contribution is -2.46. The van der Waals surface area contributed by atoms with Gasteiger partial charge in [-0.25, -0.2) is 14.8 Å². The molecule has 1 aliphatic rings. The molecule has 0 unspecified atom stereocenters. The molecule has 1 aliphatic heterocycles. The summed E-state index contributed by atoms with van der Waals surface area (Å²) < 4.78 is 6.09. The normalized spacial score (nSPS) is 14.3. The molecule has 0 bridgehead atoms. The highest BCUT2D eigenvalue weighted by molar-refractivity contribution is 5.97. The zero-order valence-corrected chi connectivity index (χ0v) is 18.4. The van der Waals surface area contributed by atoms with E-state index in [4.69, 9.17) is 10.5 Å². The van der Waals surface area contributed by atoms with E-state index >= 15 is 0 Å². The van der Waals surface area contributed by atoms with E-state index in [2.05, 4.69) is 20.6 Å². The smallest absolute Gasteiger partial charge is 0.318 e. The largest absolute Gasteiger partial charge is 0.438 e. The van der Waals surface area contributed by atoms with Crippen LogP contribution in [0.3, 0.4) is 0 Å². The van der Waals surface area contributed by atoms with Crippen LogP contribution in [0.5, 0.6) is 11.6 Å². The Morgan fingerprint density at radius 2 is 1.79 bits per heavy atom. The lowest BCUT2D eigenvalue weighted by Gasteiger charge is -2.37. The molecule has 0 fully saturated rings. The van der Waals surface area contributed by atoms with Gasteiger partial charge in [-0.2, -0.15) is 0 Å². The number of amides is 4. The number of urea groups is 1. The molecule has 1 atom stereocenters. The van der Waals surface area contributed by atoms with E-state index in [-0.39, 0.29) is 5.91 Å². The quantitative estimate of drug-likeness (QED) is 0.562. The van der Waals surface area contributed by atoms with Crippen molar-refractivity contribution >= 4 is 23.7 Å². The number of imide groups is 1. The fourth-order valence-electron chi connectivity index (χ4n) is 3.98. The van der Waals surface area contributed by atoms with Crippen LogP contribution < -0.4 is 21.1 Å². The van der Waals surface area contributed by atoms with Crippen LogP contribution in [0.25, 0.3) is 11.3 Å². The third-order valence-corrected chi connectivity index (χ3v) is 5.54. The van der Waals surface area contributed by atoms with Gasteiger partial charge in [0.1, 0.15) is 11.6 Å². The fourth-order valence-corrected chi connectivity index (χ4v) is 3.98. The number of primary amides is 1. The molecule has 9 heteroatoms. The van der Waals surface area contributed by atoms with Gasteiger partial charge in [-0.15, -0.1) is 0 Å². The number of rotatable bonds is 4. The van der Waals surface area contributed by atoms with Crippen molar-refractivity contribution in [2.75, 3.05) is 5.32 Å². The molecule has 0 radical (unpaired) electrons. The number of benzene rings is 1. The van der Waals surface area contributed by atoms with Crippen LogP contribution in [0.1, 0.15) is 37.8 Å². The highest BCUT2D eigenvalue weighted by atomic mass is 16.5. The van der Waals surface area contributed by atoms with E-state index in [1.54, 1.807) is 32.2 Å². The Morgan fingerprint density at radius 1 is 1.03 bits per heavy atom. The van der Waals surface area contributed by atoms with Crippen molar-refractivity contribution in [2.45, 2.75) is 26.7 Å². The molecule has 1 aromatic carbocycles. The number of nitrogens with one attached hydrogen (secondary N) is 2. The Hall–Kier alpha value is -4.27. The molecule has 2 aromatic heterocycles. The molecule has 9 nitrogen and oxygen atoms in total. The molecule has 3 aromatic rings. The molecule has 4 N–H and O–H groups in total. The summed E-state index contributed by atoms with van der Waals surface area (Å²) in [5.41, 5.74) is 7.04. The van der Waals surface area contributed by atoms with Gasteiger partial charge < -0.3 is 15.8 Å². The first-order valence-electron chi connectivity index (χ1n) is 10.3. The zero-order chi connectivity index (χ0) is 23.8. The molecule has 4 amide bonds. The number of ether oxygens (including phenoxy) is 1. The van der Waals surface area contributed by atoms with E-state index < -0.39 is 23.3 Å². The topological polar surface area (TPSA) is 136 Å². The monoisotopic (exact) mass is 445 g/mol. The number of nitrogens with zero attached hydrogens (tertiary/aromatic N) is 2. The number of nitrogens with two attached hydrogens (primary N) is 1. The number of carbonyl (C=O) groups excluding carboxylic acids is 3. The molecule has 0 aliphatic carbocycles. The number of fused-ring (bicyclic) bond motifs is 2. The van der Waals surface area contributed by atoms with Crippen LogP contribution in [0.4, 0.5) is 10.6 Å². The number of para-hydroxylation sites is 1. The van der Waals surface area contributed by atoms with Gasteiger partial charge in [-0.1, -0.05) is 38.1 Å². The molecule has 168 valence electrons. The maximum absolute atomic E-state index is 12.9. The molecule has 0 saturated heterocycles. The van der Waals surface area contributed by atoms with Gasteiger partial charge in [0.05, 0.1) is 11.1 Å². The van der Waals surface area contributed by atoms with Gasteiger partial charge in [0, 0.05) is 35.7 Å². The Bertz CT molecular complexity index is 1250. The van der Waals surface area contributed by atoms with Crippen molar-refractivity contribution in [3.8, 4) is 22.9 Å². The first-order chi connectivity index (χ1) is 15.7. The summed E-state index contributed by atoms with van der Waals surface area (Å²) >= 11 is 0. The second-order valence-corrected chi connectivity index (χ2v) is 8.32. The second kappa shape index (κ2) is 8.34. The SMILES string of the molecule is CC(=O)Nc1ccc(-c2ccc3c(n2)Oc2ccccc2[C@@H]3C(C)(C)C(=O)NC(N)=O)cn1. The van der Waals surface area contributed by atoms with Gasteiger partial charge in [-0.3, -0.25) is 14.9 Å². The van der Waals surface area contributed by atoms with E-state index in [1.807, 2.05) is 36.4 Å². The number of carbonyl (C=O) groups is 3. The van der Waals surface area contributed by atoms with Crippen LogP contribution in [0, 0.1) is 5.41 Å². The van der Waals surface area contributed by atoms with Crippen LogP contribution in [0.15, 0.2) is 54.7 Å². The Labute approximate surface area is 190 Å². The van der Waals surface area contributed by atoms with E-state index in [1.165, 1.54) is 6.92 Å². The number of aromatic nitrogens is 2. The number of hydrogen-bond acceptors (Lipinski definition) is 6. The molecule has 4 rings (SSSR count). The Balaban J connectivity index is 1.76. The maximum Gasteiger partial charge on any atom is 0.318 e. The van der Waals surface area contributed by atoms with Gasteiger partial charge in [0.2, 0.25) is 17.7 Å². The summed E-state index contributed by atoms with van der Waals surface area (Å²) in [7, 11) is 0. The predicted molar refractivity (Wildman–Crippen MR) is 122 cm³/mol. The van der Waals surface area contributed by atoms with Gasteiger partial charge in [0.15, 0.2) is 0 Å². The van der Waals surface area contributed by atoms with Crippen molar-refractivity contribution < 1.29 is 19.1 Å². The summed E-state index contributed by atoms with van der Waals surface area (Å²) in [5.74, 6) is 0.254. The molecule has 3 heterocycles. The average molecular weight is 445 g/mol. The highest BCUT2D eigenvalue weighted by Crippen LogP contribution is 2.51. The number of anilines is 1. The third kappa shape index (κ3) is 4.25. The number of hydrogen-bond donors (Lipinski definition) is 3. The van der Waals surface area contributed by atoms with E-state index in [9.17, 15) is 14.4 Å². The van der Waals surface area contributed by atoms with Gasteiger partial charge in [0.25, 0.3) is 0 Å². The summed E-state index contributed by atoms with van der Waals surface area (Å²) in [4.78, 5) is 44.4. The maximum atomic E-state index is 12.9. The molecule has 33 heavy (non-hydrogen) atoms. The minimum atomic E-state index is -1.03. The van der Waals surface area contributed by atoms with Crippen LogP contribution in [0.2, 0.25) is 0 Å². The highest BCUT2D eigenvalue weighted by Gasteiger charge is 2.44. The minimum Gasteiger partial charge on any atom is -0.438 e. The van der Waals surface area contributed by atoms with Crippen molar-refractivity contribution in [1.82, 2.24) is 15.3 Å². The van der Waals surface area contributed by atoms with Gasteiger partial charge >= 0.3 is 6.03 Å². The second-order valence-electron chi connectivity index (χ2n) is 8.32. The molecule has 0 saturated carbocycles. The number of pyridine rings is 2. The summed E-state index contributed by atoms with van der Waals surface area (Å²) in [6.07, 6.45) is 1.61. The predicted octanol–water partition coefficient (Wildman–Crippen LogP) is 3.56. The lowest BCUT2D eigenvalue weighted by atomic mass is 9.69. The Morgan fingerprint density at radius 3 is 2.45 bits per heavy atom. The Kier molecular flexibility index (Phi) is 5.55. The summed E-state index contributed by atoms with van der Waals surface area (Å²) in [5, 5.41) is 4.82. The zero-order valence-electron chi connectivity index (χ0n) is 18.4. The van der Waals surface area contributed by atoms with E-state index in [0.29, 0.717) is 28.7 Å². The summed E-state index contributed by atoms with van der Waals surface area (Å²) in [6, 6.07) is 13.7. The van der Waals surface area contributed by atoms with Crippen LogP contribution in [-0.2, 0) is 9.59 Å².